The summed E-state index contributed by atoms with van der Waals surface area (Å²) in [5, 5.41) is 12.4. The average Bonchev–Trinajstić information content (AvgIpc) is 3.14. The first-order valence-corrected chi connectivity index (χ1v) is 8.72. The Morgan fingerprint density at radius 2 is 2.04 bits per heavy atom. The van der Waals surface area contributed by atoms with Gasteiger partial charge in [-0.2, -0.15) is 5.10 Å². The molecule has 0 saturated carbocycles. The lowest BCUT2D eigenvalue weighted by Gasteiger charge is -2.23. The second-order valence-electron chi connectivity index (χ2n) is 6.45. The van der Waals surface area contributed by atoms with E-state index in [1.165, 1.54) is 5.01 Å². The van der Waals surface area contributed by atoms with Crippen LogP contribution in [0.15, 0.2) is 46.0 Å². The van der Waals surface area contributed by atoms with Gasteiger partial charge in [0.15, 0.2) is 5.69 Å². The van der Waals surface area contributed by atoms with Gasteiger partial charge in [0.2, 0.25) is 5.91 Å². The summed E-state index contributed by atoms with van der Waals surface area (Å²) in [6.45, 7) is 4.54. The number of carbonyl (C=O) groups excluding carboxylic acids is 2. The summed E-state index contributed by atoms with van der Waals surface area (Å²) in [6, 6.07) is 11.4. The standard InChI is InChI=1S/C19H22N4O3/c1-13(2)17-12-16(22-26-17)19(25)20-10-11-23-18(24)9-8-15(21-23)14-6-4-3-5-7-14/h3-7,12-13H,8-11H2,1-2H3,(H,20,25). The topological polar surface area (TPSA) is 87.8 Å². The zero-order chi connectivity index (χ0) is 18.5. The van der Waals surface area contributed by atoms with Crippen molar-refractivity contribution in [2.24, 2.45) is 5.10 Å². The predicted molar refractivity (Wildman–Crippen MR) is 96.9 cm³/mol. The monoisotopic (exact) mass is 354 g/mol. The molecule has 0 radical (unpaired) electrons. The normalized spacial score (nSPS) is 14.5. The van der Waals surface area contributed by atoms with Gasteiger partial charge in [0.05, 0.1) is 12.3 Å². The molecule has 26 heavy (non-hydrogen) atoms. The summed E-state index contributed by atoms with van der Waals surface area (Å²) < 4.78 is 5.13. The van der Waals surface area contributed by atoms with E-state index in [2.05, 4.69) is 15.6 Å². The highest BCUT2D eigenvalue weighted by Gasteiger charge is 2.21. The summed E-state index contributed by atoms with van der Waals surface area (Å²) in [5.74, 6) is 0.471. The zero-order valence-corrected chi connectivity index (χ0v) is 14.9. The molecule has 0 fully saturated rings. The molecule has 1 aliphatic heterocycles. The SMILES string of the molecule is CC(C)c1cc(C(=O)NCCN2N=C(c3ccccc3)CCC2=O)no1. The number of rotatable bonds is 6. The van der Waals surface area contributed by atoms with E-state index in [0.29, 0.717) is 31.7 Å². The molecule has 7 nitrogen and oxygen atoms in total. The van der Waals surface area contributed by atoms with Crippen molar-refractivity contribution in [1.29, 1.82) is 0 Å². The van der Waals surface area contributed by atoms with Gasteiger partial charge >= 0.3 is 0 Å². The van der Waals surface area contributed by atoms with E-state index in [4.69, 9.17) is 4.52 Å². The minimum absolute atomic E-state index is 0.0394. The van der Waals surface area contributed by atoms with Crippen LogP contribution in [0.5, 0.6) is 0 Å². The number of aromatic nitrogens is 1. The van der Waals surface area contributed by atoms with Crippen molar-refractivity contribution in [2.75, 3.05) is 13.1 Å². The van der Waals surface area contributed by atoms with Crippen LogP contribution >= 0.6 is 0 Å². The molecule has 0 saturated heterocycles. The molecule has 7 heteroatoms. The molecule has 0 bridgehead atoms. The fourth-order valence-electron chi connectivity index (χ4n) is 2.65. The van der Waals surface area contributed by atoms with Crippen molar-refractivity contribution in [3.63, 3.8) is 0 Å². The van der Waals surface area contributed by atoms with E-state index in [1.807, 2.05) is 44.2 Å². The van der Waals surface area contributed by atoms with Crippen molar-refractivity contribution in [2.45, 2.75) is 32.6 Å². The van der Waals surface area contributed by atoms with Gasteiger partial charge in [-0.3, -0.25) is 9.59 Å². The number of benzene rings is 1. The van der Waals surface area contributed by atoms with Crippen molar-refractivity contribution in [3.05, 3.63) is 53.4 Å². The molecule has 1 aromatic heterocycles. The first-order valence-electron chi connectivity index (χ1n) is 8.72. The van der Waals surface area contributed by atoms with Crippen LogP contribution in [-0.2, 0) is 4.79 Å². The Morgan fingerprint density at radius 1 is 1.27 bits per heavy atom. The number of hydrogen-bond donors (Lipinski definition) is 1. The van der Waals surface area contributed by atoms with Crippen molar-refractivity contribution < 1.29 is 14.1 Å². The molecule has 2 amide bonds. The number of hydrogen-bond acceptors (Lipinski definition) is 5. The van der Waals surface area contributed by atoms with Crippen LogP contribution in [0.3, 0.4) is 0 Å². The predicted octanol–water partition coefficient (Wildman–Crippen LogP) is 2.55. The van der Waals surface area contributed by atoms with Gasteiger partial charge in [-0.05, 0) is 5.56 Å². The fraction of sp³-hybridized carbons (Fsp3) is 0.368. The van der Waals surface area contributed by atoms with Gasteiger partial charge in [-0.25, -0.2) is 5.01 Å². The van der Waals surface area contributed by atoms with Crippen LogP contribution in [0, 0.1) is 0 Å². The summed E-state index contributed by atoms with van der Waals surface area (Å²) in [7, 11) is 0. The smallest absolute Gasteiger partial charge is 0.273 e. The lowest BCUT2D eigenvalue weighted by atomic mass is 10.0. The Morgan fingerprint density at radius 3 is 2.73 bits per heavy atom. The molecule has 1 N–H and O–H groups in total. The molecule has 136 valence electrons. The van der Waals surface area contributed by atoms with Gasteiger partial charge in [-0.15, -0.1) is 0 Å². The van der Waals surface area contributed by atoms with Crippen molar-refractivity contribution in [3.8, 4) is 0 Å². The van der Waals surface area contributed by atoms with E-state index in [9.17, 15) is 9.59 Å². The third-order valence-electron chi connectivity index (χ3n) is 4.15. The second kappa shape index (κ2) is 7.95. The van der Waals surface area contributed by atoms with E-state index in [1.54, 1.807) is 6.07 Å². The van der Waals surface area contributed by atoms with E-state index in [0.717, 1.165) is 11.3 Å². The fourth-order valence-corrected chi connectivity index (χ4v) is 2.65. The van der Waals surface area contributed by atoms with Crippen LogP contribution in [-0.4, -0.2) is 40.8 Å². The van der Waals surface area contributed by atoms with Gasteiger partial charge in [0.1, 0.15) is 5.76 Å². The third kappa shape index (κ3) is 4.17. The van der Waals surface area contributed by atoms with Crippen LogP contribution in [0.25, 0.3) is 0 Å². The first-order chi connectivity index (χ1) is 12.5. The van der Waals surface area contributed by atoms with E-state index in [-0.39, 0.29) is 23.4 Å². The summed E-state index contributed by atoms with van der Waals surface area (Å²) >= 11 is 0. The van der Waals surface area contributed by atoms with Gasteiger partial charge in [-0.1, -0.05) is 49.3 Å². The lowest BCUT2D eigenvalue weighted by molar-refractivity contribution is -0.131. The number of nitrogens with zero attached hydrogens (tertiary/aromatic N) is 3. The molecule has 0 unspecified atom stereocenters. The molecule has 0 atom stereocenters. The Balaban J connectivity index is 1.57. The third-order valence-corrected chi connectivity index (χ3v) is 4.15. The Hall–Kier alpha value is -2.96. The zero-order valence-electron chi connectivity index (χ0n) is 14.9. The first kappa shape index (κ1) is 17.8. The van der Waals surface area contributed by atoms with Gasteiger partial charge < -0.3 is 9.84 Å². The molecular weight excluding hydrogens is 332 g/mol. The van der Waals surface area contributed by atoms with E-state index >= 15 is 0 Å². The molecule has 2 heterocycles. The molecule has 1 aliphatic rings. The number of carbonyl (C=O) groups is 2. The highest BCUT2D eigenvalue weighted by Crippen LogP contribution is 2.16. The molecule has 3 rings (SSSR count). The van der Waals surface area contributed by atoms with Gasteiger partial charge in [0.25, 0.3) is 5.91 Å². The largest absolute Gasteiger partial charge is 0.360 e. The number of hydrazone groups is 1. The highest BCUT2D eigenvalue weighted by molar-refractivity contribution is 6.04. The second-order valence-corrected chi connectivity index (χ2v) is 6.45. The molecular formula is C19H22N4O3. The Labute approximate surface area is 152 Å². The summed E-state index contributed by atoms with van der Waals surface area (Å²) in [5.41, 5.74) is 2.14. The Kier molecular flexibility index (Phi) is 5.46. The van der Waals surface area contributed by atoms with E-state index < -0.39 is 0 Å². The maximum Gasteiger partial charge on any atom is 0.273 e. The van der Waals surface area contributed by atoms with Crippen LogP contribution in [0.1, 0.15) is 54.4 Å². The maximum absolute atomic E-state index is 12.1. The summed E-state index contributed by atoms with van der Waals surface area (Å²) in [6.07, 6.45) is 1.05. The van der Waals surface area contributed by atoms with Crippen LogP contribution < -0.4 is 5.32 Å². The van der Waals surface area contributed by atoms with Crippen LogP contribution in [0.4, 0.5) is 0 Å². The van der Waals surface area contributed by atoms with Crippen molar-refractivity contribution in [1.82, 2.24) is 15.5 Å². The molecule has 2 aromatic rings. The molecule has 0 spiro atoms. The highest BCUT2D eigenvalue weighted by atomic mass is 16.5. The lowest BCUT2D eigenvalue weighted by Crippen LogP contribution is -2.38. The number of amides is 2. The van der Waals surface area contributed by atoms with Gasteiger partial charge in [0, 0.05) is 31.4 Å². The Bertz CT molecular complexity index is 811. The minimum Gasteiger partial charge on any atom is -0.360 e. The minimum atomic E-state index is -0.322. The van der Waals surface area contributed by atoms with Crippen LogP contribution in [0.2, 0.25) is 0 Å². The quantitative estimate of drug-likeness (QED) is 0.863. The summed E-state index contributed by atoms with van der Waals surface area (Å²) in [4.78, 5) is 24.2. The molecule has 1 aromatic carbocycles. The average molecular weight is 354 g/mol. The maximum atomic E-state index is 12.1. The molecule has 0 aliphatic carbocycles. The van der Waals surface area contributed by atoms with Crippen molar-refractivity contribution >= 4 is 17.5 Å². The number of nitrogens with one attached hydrogen (secondary N) is 1.